The van der Waals surface area contributed by atoms with E-state index >= 15 is 0 Å². The summed E-state index contributed by atoms with van der Waals surface area (Å²) in [6.45, 7) is 4.44. The minimum Gasteiger partial charge on any atom is -0.352 e. The Kier molecular flexibility index (Phi) is 2.07. The van der Waals surface area contributed by atoms with Crippen LogP contribution in [0.1, 0.15) is 33.1 Å². The summed E-state index contributed by atoms with van der Waals surface area (Å²) in [5.74, 6) is 0. The number of hydrogen-bond acceptors (Lipinski definition) is 1. The summed E-state index contributed by atoms with van der Waals surface area (Å²) in [4.78, 5) is 10.5. The molecule has 11 heavy (non-hydrogen) atoms. The Balaban J connectivity index is 2.36. The Morgan fingerprint density at radius 3 is 2.64 bits per heavy atom. The van der Waals surface area contributed by atoms with E-state index in [0.29, 0.717) is 11.5 Å². The van der Waals surface area contributed by atoms with Gasteiger partial charge in [-0.2, -0.15) is 0 Å². The molecule has 0 spiro atoms. The van der Waals surface area contributed by atoms with Crippen molar-refractivity contribution in [2.24, 2.45) is 11.1 Å². The quantitative estimate of drug-likeness (QED) is 0.589. The fourth-order valence-electron chi connectivity index (χ4n) is 1.76. The van der Waals surface area contributed by atoms with Gasteiger partial charge in [-0.25, -0.2) is 4.79 Å². The van der Waals surface area contributed by atoms with Crippen molar-refractivity contribution in [2.45, 2.75) is 39.2 Å². The average Bonchev–Trinajstić information content (AvgIpc) is 2.08. The van der Waals surface area contributed by atoms with Gasteiger partial charge in [-0.05, 0) is 24.7 Å². The van der Waals surface area contributed by atoms with E-state index in [1.165, 1.54) is 6.42 Å². The monoisotopic (exact) mass is 156 g/mol. The highest BCUT2D eigenvalue weighted by Crippen LogP contribution is 2.36. The van der Waals surface area contributed by atoms with Gasteiger partial charge in [0.25, 0.3) is 0 Å². The third-order valence-corrected chi connectivity index (χ3v) is 2.31. The highest BCUT2D eigenvalue weighted by molar-refractivity contribution is 5.71. The normalized spacial score (nSPS) is 28.4. The first kappa shape index (κ1) is 8.37. The van der Waals surface area contributed by atoms with Crippen LogP contribution >= 0.6 is 0 Å². The molecule has 3 N–H and O–H groups in total. The van der Waals surface area contributed by atoms with Crippen molar-refractivity contribution in [2.75, 3.05) is 0 Å². The van der Waals surface area contributed by atoms with Gasteiger partial charge in [-0.3, -0.25) is 0 Å². The molecule has 0 radical (unpaired) electrons. The predicted octanol–water partition coefficient (Wildman–Crippen LogP) is 1.23. The SMILES string of the molecule is CC1(C)CCC(NC(N)=O)C1. The van der Waals surface area contributed by atoms with Gasteiger partial charge in [-0.15, -0.1) is 0 Å². The first-order chi connectivity index (χ1) is 4.99. The van der Waals surface area contributed by atoms with Gasteiger partial charge in [0.05, 0.1) is 0 Å². The fraction of sp³-hybridized carbons (Fsp3) is 0.875. The van der Waals surface area contributed by atoms with Crippen molar-refractivity contribution < 1.29 is 4.79 Å². The highest BCUT2D eigenvalue weighted by atomic mass is 16.2. The maximum atomic E-state index is 10.5. The summed E-state index contributed by atoms with van der Waals surface area (Å²) in [5.41, 5.74) is 5.39. The van der Waals surface area contributed by atoms with Gasteiger partial charge in [0.1, 0.15) is 0 Å². The molecule has 0 saturated heterocycles. The molecular weight excluding hydrogens is 140 g/mol. The zero-order valence-electron chi connectivity index (χ0n) is 7.18. The van der Waals surface area contributed by atoms with Crippen LogP contribution in [-0.4, -0.2) is 12.1 Å². The molecule has 3 nitrogen and oxygen atoms in total. The van der Waals surface area contributed by atoms with Crippen LogP contribution in [0.5, 0.6) is 0 Å². The fourth-order valence-corrected chi connectivity index (χ4v) is 1.76. The van der Waals surface area contributed by atoms with E-state index in [4.69, 9.17) is 5.73 Å². The first-order valence-electron chi connectivity index (χ1n) is 4.06. The van der Waals surface area contributed by atoms with E-state index in [0.717, 1.165) is 12.8 Å². The third-order valence-electron chi connectivity index (χ3n) is 2.31. The highest BCUT2D eigenvalue weighted by Gasteiger charge is 2.31. The number of carbonyl (C=O) groups excluding carboxylic acids is 1. The van der Waals surface area contributed by atoms with Crippen molar-refractivity contribution in [1.82, 2.24) is 5.32 Å². The van der Waals surface area contributed by atoms with Crippen LogP contribution in [-0.2, 0) is 0 Å². The predicted molar refractivity (Wildman–Crippen MR) is 44.1 cm³/mol. The van der Waals surface area contributed by atoms with Crippen LogP contribution in [0.2, 0.25) is 0 Å². The zero-order valence-corrected chi connectivity index (χ0v) is 7.18. The molecule has 1 atom stereocenters. The van der Waals surface area contributed by atoms with Crippen LogP contribution in [0.3, 0.4) is 0 Å². The summed E-state index contributed by atoms with van der Waals surface area (Å²) in [6.07, 6.45) is 3.30. The smallest absolute Gasteiger partial charge is 0.312 e. The molecule has 64 valence electrons. The lowest BCUT2D eigenvalue weighted by molar-refractivity contribution is 0.244. The molecule has 0 aromatic rings. The lowest BCUT2D eigenvalue weighted by Gasteiger charge is -2.16. The molecule has 1 fully saturated rings. The van der Waals surface area contributed by atoms with Crippen molar-refractivity contribution >= 4 is 6.03 Å². The van der Waals surface area contributed by atoms with E-state index in [-0.39, 0.29) is 0 Å². The molecule has 1 aliphatic rings. The molecule has 1 rings (SSSR count). The van der Waals surface area contributed by atoms with E-state index in [1.807, 2.05) is 0 Å². The number of hydrogen-bond donors (Lipinski definition) is 2. The van der Waals surface area contributed by atoms with Gasteiger partial charge in [0.15, 0.2) is 0 Å². The van der Waals surface area contributed by atoms with Crippen LogP contribution in [0.4, 0.5) is 4.79 Å². The number of carbonyl (C=O) groups is 1. The van der Waals surface area contributed by atoms with Gasteiger partial charge >= 0.3 is 6.03 Å². The molecule has 0 aromatic heterocycles. The first-order valence-corrected chi connectivity index (χ1v) is 4.06. The third kappa shape index (κ3) is 2.41. The summed E-state index contributed by atoms with van der Waals surface area (Å²) >= 11 is 0. The maximum absolute atomic E-state index is 10.5. The summed E-state index contributed by atoms with van der Waals surface area (Å²) in [5, 5.41) is 2.74. The Hall–Kier alpha value is -0.730. The van der Waals surface area contributed by atoms with Crippen molar-refractivity contribution in [3.8, 4) is 0 Å². The van der Waals surface area contributed by atoms with Gasteiger partial charge in [-0.1, -0.05) is 13.8 Å². The lowest BCUT2D eigenvalue weighted by Crippen LogP contribution is -2.37. The Morgan fingerprint density at radius 2 is 2.27 bits per heavy atom. The van der Waals surface area contributed by atoms with Crippen molar-refractivity contribution in [3.05, 3.63) is 0 Å². The lowest BCUT2D eigenvalue weighted by atomic mass is 9.92. The zero-order chi connectivity index (χ0) is 8.48. The summed E-state index contributed by atoms with van der Waals surface area (Å²) < 4.78 is 0. The van der Waals surface area contributed by atoms with Crippen molar-refractivity contribution in [3.63, 3.8) is 0 Å². The standard InChI is InChI=1S/C8H16N2O/c1-8(2)4-3-6(5-8)10-7(9)11/h6H,3-5H2,1-2H3,(H3,9,10,11). The number of nitrogens with two attached hydrogens (primary N) is 1. The number of urea groups is 1. The van der Waals surface area contributed by atoms with E-state index < -0.39 is 6.03 Å². The molecule has 1 saturated carbocycles. The number of primary amides is 1. The molecule has 1 aliphatic carbocycles. The second kappa shape index (κ2) is 2.72. The van der Waals surface area contributed by atoms with E-state index in [1.54, 1.807) is 0 Å². The van der Waals surface area contributed by atoms with Crippen LogP contribution in [0, 0.1) is 5.41 Å². The molecule has 1 unspecified atom stereocenters. The second-order valence-electron chi connectivity index (χ2n) is 4.11. The summed E-state index contributed by atoms with van der Waals surface area (Å²) in [7, 11) is 0. The molecular formula is C8H16N2O. The second-order valence-corrected chi connectivity index (χ2v) is 4.11. The minimum atomic E-state index is -0.396. The number of rotatable bonds is 1. The maximum Gasteiger partial charge on any atom is 0.312 e. The average molecular weight is 156 g/mol. The van der Waals surface area contributed by atoms with Gasteiger partial charge in [0, 0.05) is 6.04 Å². The molecule has 0 aliphatic heterocycles. The van der Waals surface area contributed by atoms with Gasteiger partial charge < -0.3 is 11.1 Å². The Morgan fingerprint density at radius 1 is 1.64 bits per heavy atom. The number of nitrogens with one attached hydrogen (secondary N) is 1. The molecule has 0 bridgehead atoms. The molecule has 2 amide bonds. The topological polar surface area (TPSA) is 55.1 Å². The van der Waals surface area contributed by atoms with Crippen LogP contribution in [0.25, 0.3) is 0 Å². The van der Waals surface area contributed by atoms with Crippen LogP contribution in [0.15, 0.2) is 0 Å². The Labute approximate surface area is 67.3 Å². The van der Waals surface area contributed by atoms with Gasteiger partial charge in [0.2, 0.25) is 0 Å². The summed E-state index contributed by atoms with van der Waals surface area (Å²) in [6, 6.07) is -0.0878. The number of amides is 2. The van der Waals surface area contributed by atoms with Crippen molar-refractivity contribution in [1.29, 1.82) is 0 Å². The van der Waals surface area contributed by atoms with E-state index in [9.17, 15) is 4.79 Å². The molecule has 0 aromatic carbocycles. The van der Waals surface area contributed by atoms with Crippen LogP contribution < -0.4 is 11.1 Å². The molecule has 3 heteroatoms. The largest absolute Gasteiger partial charge is 0.352 e. The van der Waals surface area contributed by atoms with E-state index in [2.05, 4.69) is 19.2 Å². The molecule has 0 heterocycles. The minimum absolute atomic E-state index is 0.308. The Bertz CT molecular complexity index is 165.